The third-order valence-corrected chi connectivity index (χ3v) is 6.07. The Hall–Kier alpha value is -2.55. The van der Waals surface area contributed by atoms with Crippen LogP contribution in [0.2, 0.25) is 0 Å². The fourth-order valence-electron chi connectivity index (χ4n) is 2.49. The minimum atomic E-state index is -3.85. The van der Waals surface area contributed by atoms with Gasteiger partial charge in [-0.3, -0.25) is 4.79 Å². The normalized spacial score (nSPS) is 12.5. The van der Waals surface area contributed by atoms with E-state index in [1.54, 1.807) is 23.7 Å². The number of thiazole rings is 1. The third kappa shape index (κ3) is 5.22. The summed E-state index contributed by atoms with van der Waals surface area (Å²) >= 11 is 1.27. The van der Waals surface area contributed by atoms with Crippen molar-refractivity contribution >= 4 is 32.4 Å². The van der Waals surface area contributed by atoms with Gasteiger partial charge in [0.2, 0.25) is 15.9 Å². The lowest BCUT2D eigenvalue weighted by Crippen LogP contribution is -2.45. The Morgan fingerprint density at radius 2 is 1.81 bits per heavy atom. The van der Waals surface area contributed by atoms with Gasteiger partial charge in [-0.15, -0.1) is 11.3 Å². The first-order valence-electron chi connectivity index (χ1n) is 8.27. The molecule has 1 heterocycles. The predicted molar refractivity (Wildman–Crippen MR) is 106 cm³/mol. The summed E-state index contributed by atoms with van der Waals surface area (Å²) in [6.45, 7) is 1.88. The van der Waals surface area contributed by atoms with Crippen molar-refractivity contribution in [2.75, 3.05) is 5.32 Å². The maximum atomic E-state index is 12.7. The van der Waals surface area contributed by atoms with Gasteiger partial charge in [0.25, 0.3) is 0 Å². The molecule has 2 aromatic carbocycles. The average Bonchev–Trinajstić information content (AvgIpc) is 3.15. The first kappa shape index (κ1) is 19.2. The van der Waals surface area contributed by atoms with Crippen LogP contribution in [0.1, 0.15) is 11.1 Å². The van der Waals surface area contributed by atoms with Gasteiger partial charge in [-0.05, 0) is 31.0 Å². The molecule has 0 bridgehead atoms. The number of aromatic nitrogens is 1. The van der Waals surface area contributed by atoms with Crippen LogP contribution in [-0.4, -0.2) is 25.4 Å². The van der Waals surface area contributed by atoms with Crippen molar-refractivity contribution < 1.29 is 13.2 Å². The lowest BCUT2D eigenvalue weighted by Gasteiger charge is -2.18. The molecule has 0 aliphatic carbocycles. The molecule has 0 saturated heterocycles. The maximum absolute atomic E-state index is 12.7. The van der Waals surface area contributed by atoms with E-state index in [4.69, 9.17) is 0 Å². The van der Waals surface area contributed by atoms with Crippen LogP contribution >= 0.6 is 11.3 Å². The van der Waals surface area contributed by atoms with Crippen molar-refractivity contribution in [3.05, 3.63) is 77.3 Å². The smallest absolute Gasteiger partial charge is 0.244 e. The quantitative estimate of drug-likeness (QED) is 0.637. The molecule has 140 valence electrons. The van der Waals surface area contributed by atoms with Crippen molar-refractivity contribution in [1.82, 2.24) is 9.71 Å². The van der Waals surface area contributed by atoms with Crippen LogP contribution in [0.15, 0.2) is 71.1 Å². The number of amides is 1. The summed E-state index contributed by atoms with van der Waals surface area (Å²) in [5.41, 5.74) is 1.81. The Morgan fingerprint density at radius 3 is 2.44 bits per heavy atom. The Kier molecular flexibility index (Phi) is 6.00. The SMILES string of the molecule is Cc1ccc(S(=O)(=O)NC(Cc2ccccc2)C(=O)Nc2nccs2)cc1. The van der Waals surface area contributed by atoms with Crippen molar-refractivity contribution in [1.29, 1.82) is 0 Å². The van der Waals surface area contributed by atoms with E-state index in [0.717, 1.165) is 11.1 Å². The van der Waals surface area contributed by atoms with Gasteiger partial charge in [-0.1, -0.05) is 48.0 Å². The van der Waals surface area contributed by atoms with Crippen LogP contribution in [0.4, 0.5) is 5.13 Å². The van der Waals surface area contributed by atoms with Crippen LogP contribution in [0.25, 0.3) is 0 Å². The Morgan fingerprint density at radius 1 is 1.11 bits per heavy atom. The van der Waals surface area contributed by atoms with Gasteiger partial charge in [-0.25, -0.2) is 13.4 Å². The number of nitrogens with one attached hydrogen (secondary N) is 2. The Labute approximate surface area is 162 Å². The largest absolute Gasteiger partial charge is 0.301 e. The number of nitrogens with zero attached hydrogens (tertiary/aromatic N) is 1. The molecule has 3 aromatic rings. The molecule has 0 fully saturated rings. The molecule has 1 aromatic heterocycles. The first-order chi connectivity index (χ1) is 12.9. The van der Waals surface area contributed by atoms with Gasteiger partial charge in [0.15, 0.2) is 5.13 Å². The molecule has 8 heteroatoms. The zero-order valence-corrected chi connectivity index (χ0v) is 16.3. The van der Waals surface area contributed by atoms with Gasteiger partial charge in [-0.2, -0.15) is 4.72 Å². The minimum Gasteiger partial charge on any atom is -0.301 e. The molecule has 0 aliphatic heterocycles. The highest BCUT2D eigenvalue weighted by molar-refractivity contribution is 7.89. The second kappa shape index (κ2) is 8.43. The van der Waals surface area contributed by atoms with Crippen LogP contribution in [0.3, 0.4) is 0 Å². The standard InChI is InChI=1S/C19H19N3O3S2/c1-14-7-9-16(10-8-14)27(24,25)22-17(13-15-5-3-2-4-6-15)18(23)21-19-20-11-12-26-19/h2-12,17,22H,13H2,1H3,(H,20,21,23). The first-order valence-corrected chi connectivity index (χ1v) is 10.6. The number of hydrogen-bond donors (Lipinski definition) is 2. The third-order valence-electron chi connectivity index (χ3n) is 3.89. The highest BCUT2D eigenvalue weighted by Gasteiger charge is 2.26. The lowest BCUT2D eigenvalue weighted by atomic mass is 10.1. The molecule has 3 rings (SSSR count). The van der Waals surface area contributed by atoms with Crippen LogP contribution in [0, 0.1) is 6.92 Å². The molecule has 1 atom stereocenters. The summed E-state index contributed by atoms with van der Waals surface area (Å²) in [4.78, 5) is 16.8. The second-order valence-corrected chi connectivity index (χ2v) is 8.61. The van der Waals surface area contributed by atoms with Crippen molar-refractivity contribution in [3.8, 4) is 0 Å². The zero-order chi connectivity index (χ0) is 19.3. The number of aryl methyl sites for hydroxylation is 1. The monoisotopic (exact) mass is 401 g/mol. The summed E-state index contributed by atoms with van der Waals surface area (Å²) in [6, 6.07) is 14.8. The van der Waals surface area contributed by atoms with E-state index in [0.29, 0.717) is 5.13 Å². The Balaban J connectivity index is 1.84. The van der Waals surface area contributed by atoms with Gasteiger partial charge in [0, 0.05) is 11.6 Å². The van der Waals surface area contributed by atoms with E-state index in [1.807, 2.05) is 37.3 Å². The highest BCUT2D eigenvalue weighted by Crippen LogP contribution is 2.15. The summed E-state index contributed by atoms with van der Waals surface area (Å²) in [5, 5.41) is 4.83. The molecular weight excluding hydrogens is 382 g/mol. The molecule has 1 amide bonds. The summed E-state index contributed by atoms with van der Waals surface area (Å²) < 4.78 is 28.0. The van der Waals surface area contributed by atoms with Crippen LogP contribution in [0.5, 0.6) is 0 Å². The van der Waals surface area contributed by atoms with Crippen LogP contribution in [-0.2, 0) is 21.2 Å². The number of hydrogen-bond acceptors (Lipinski definition) is 5. The number of carbonyl (C=O) groups is 1. The molecule has 0 saturated carbocycles. The highest BCUT2D eigenvalue weighted by atomic mass is 32.2. The predicted octanol–water partition coefficient (Wildman–Crippen LogP) is 2.98. The van der Waals surface area contributed by atoms with E-state index in [1.165, 1.54) is 23.5 Å². The molecule has 0 spiro atoms. The number of benzene rings is 2. The van der Waals surface area contributed by atoms with Crippen molar-refractivity contribution in [2.24, 2.45) is 0 Å². The van der Waals surface area contributed by atoms with E-state index in [-0.39, 0.29) is 11.3 Å². The Bertz CT molecular complexity index is 986. The van der Waals surface area contributed by atoms with E-state index in [2.05, 4.69) is 15.0 Å². The van der Waals surface area contributed by atoms with Crippen LogP contribution < -0.4 is 10.0 Å². The number of sulfonamides is 1. The fraction of sp³-hybridized carbons (Fsp3) is 0.158. The molecule has 2 N–H and O–H groups in total. The van der Waals surface area contributed by atoms with Gasteiger partial charge in [0.05, 0.1) is 4.90 Å². The lowest BCUT2D eigenvalue weighted by molar-refractivity contribution is -0.117. The molecule has 27 heavy (non-hydrogen) atoms. The summed E-state index contributed by atoms with van der Waals surface area (Å²) in [5.74, 6) is -0.454. The number of anilines is 1. The van der Waals surface area contributed by atoms with Crippen molar-refractivity contribution in [3.63, 3.8) is 0 Å². The minimum absolute atomic E-state index is 0.119. The average molecular weight is 402 g/mol. The van der Waals surface area contributed by atoms with Gasteiger partial charge < -0.3 is 5.32 Å². The second-order valence-electron chi connectivity index (χ2n) is 6.00. The fourth-order valence-corrected chi connectivity index (χ4v) is 4.22. The summed E-state index contributed by atoms with van der Waals surface area (Å²) in [7, 11) is -3.85. The zero-order valence-electron chi connectivity index (χ0n) is 14.6. The van der Waals surface area contributed by atoms with Gasteiger partial charge in [0.1, 0.15) is 6.04 Å². The molecule has 0 aliphatic rings. The maximum Gasteiger partial charge on any atom is 0.244 e. The topological polar surface area (TPSA) is 88.2 Å². The summed E-state index contributed by atoms with van der Waals surface area (Å²) in [6.07, 6.45) is 1.80. The van der Waals surface area contributed by atoms with Gasteiger partial charge >= 0.3 is 0 Å². The molecule has 6 nitrogen and oxygen atoms in total. The molecule has 0 radical (unpaired) electrons. The molecule has 1 unspecified atom stereocenters. The van der Waals surface area contributed by atoms with E-state index < -0.39 is 22.0 Å². The van der Waals surface area contributed by atoms with E-state index in [9.17, 15) is 13.2 Å². The number of rotatable bonds is 7. The molecular formula is C19H19N3O3S2. The number of carbonyl (C=O) groups excluding carboxylic acids is 1. The van der Waals surface area contributed by atoms with Crippen molar-refractivity contribution in [2.45, 2.75) is 24.3 Å². The van der Waals surface area contributed by atoms with E-state index >= 15 is 0 Å².